The van der Waals surface area contributed by atoms with Gasteiger partial charge in [0.15, 0.2) is 0 Å². The molecule has 0 aliphatic heterocycles. The van der Waals surface area contributed by atoms with Crippen molar-refractivity contribution < 1.29 is 14.6 Å². The average Bonchev–Trinajstić information content (AvgIpc) is 2.37. The van der Waals surface area contributed by atoms with Crippen LogP contribution in [0.3, 0.4) is 0 Å². The predicted molar refractivity (Wildman–Crippen MR) is 69.8 cm³/mol. The van der Waals surface area contributed by atoms with E-state index in [4.69, 9.17) is 21.4 Å². The summed E-state index contributed by atoms with van der Waals surface area (Å²) in [7, 11) is 1.45. The van der Waals surface area contributed by atoms with Gasteiger partial charge in [-0.15, -0.1) is 0 Å². The van der Waals surface area contributed by atoms with E-state index in [-0.39, 0.29) is 18.2 Å². The molecule has 0 amide bonds. The standard InChI is InChI=1S/C12H11ClN2O4/c1-19-8-4-2-3-7-10(8)11(18)15(12(13)14-7)6-5-9(16)17/h2-4H,5-6H2,1H3,(H,16,17). The number of carboxylic acids is 1. The zero-order valence-electron chi connectivity index (χ0n) is 10.1. The highest BCUT2D eigenvalue weighted by Gasteiger charge is 2.13. The molecule has 0 aliphatic carbocycles. The Morgan fingerprint density at radius 3 is 2.89 bits per heavy atom. The largest absolute Gasteiger partial charge is 0.496 e. The van der Waals surface area contributed by atoms with Crippen molar-refractivity contribution >= 4 is 28.5 Å². The summed E-state index contributed by atoms with van der Waals surface area (Å²) < 4.78 is 6.24. The van der Waals surface area contributed by atoms with Gasteiger partial charge >= 0.3 is 5.97 Å². The summed E-state index contributed by atoms with van der Waals surface area (Å²) in [5.41, 5.74) is 0.00891. The van der Waals surface area contributed by atoms with E-state index in [0.717, 1.165) is 4.57 Å². The van der Waals surface area contributed by atoms with Crippen LogP contribution in [0.5, 0.6) is 5.75 Å². The van der Waals surface area contributed by atoms with Crippen LogP contribution in [0.2, 0.25) is 5.28 Å². The molecule has 2 rings (SSSR count). The van der Waals surface area contributed by atoms with Crippen molar-refractivity contribution in [3.8, 4) is 5.75 Å². The molecule has 1 aromatic heterocycles. The maximum absolute atomic E-state index is 12.3. The van der Waals surface area contributed by atoms with E-state index >= 15 is 0 Å². The molecule has 19 heavy (non-hydrogen) atoms. The minimum absolute atomic E-state index is 0.0337. The molecule has 0 radical (unpaired) electrons. The zero-order valence-corrected chi connectivity index (χ0v) is 10.8. The number of carboxylic acid groups (broad SMARTS) is 1. The lowest BCUT2D eigenvalue weighted by Crippen LogP contribution is -2.23. The first-order valence-corrected chi connectivity index (χ1v) is 5.87. The van der Waals surface area contributed by atoms with Crippen LogP contribution in [-0.4, -0.2) is 27.7 Å². The smallest absolute Gasteiger partial charge is 0.305 e. The van der Waals surface area contributed by atoms with Crippen LogP contribution in [0.4, 0.5) is 0 Å². The quantitative estimate of drug-likeness (QED) is 0.860. The van der Waals surface area contributed by atoms with E-state index in [1.54, 1.807) is 18.2 Å². The number of hydrogen-bond donors (Lipinski definition) is 1. The zero-order chi connectivity index (χ0) is 14.0. The van der Waals surface area contributed by atoms with Gasteiger partial charge in [-0.25, -0.2) is 4.98 Å². The minimum Gasteiger partial charge on any atom is -0.496 e. The summed E-state index contributed by atoms with van der Waals surface area (Å²) >= 11 is 5.91. The maximum atomic E-state index is 12.3. The summed E-state index contributed by atoms with van der Waals surface area (Å²) in [6.07, 6.45) is -0.206. The van der Waals surface area contributed by atoms with Crippen molar-refractivity contribution in [2.45, 2.75) is 13.0 Å². The molecular formula is C12H11ClN2O4. The van der Waals surface area contributed by atoms with Crippen molar-refractivity contribution in [3.63, 3.8) is 0 Å². The molecule has 2 aromatic rings. The van der Waals surface area contributed by atoms with Gasteiger partial charge in [0.1, 0.15) is 11.1 Å². The Bertz CT molecular complexity index is 696. The fraction of sp³-hybridized carbons (Fsp3) is 0.250. The third-order valence-corrected chi connectivity index (χ3v) is 2.96. The van der Waals surface area contributed by atoms with Crippen LogP contribution in [0.25, 0.3) is 10.9 Å². The SMILES string of the molecule is COc1cccc2nc(Cl)n(CCC(=O)O)c(=O)c12. The first-order chi connectivity index (χ1) is 9.04. The molecule has 0 saturated heterocycles. The molecule has 6 nitrogen and oxygen atoms in total. The number of benzene rings is 1. The van der Waals surface area contributed by atoms with Crippen molar-refractivity contribution in [2.75, 3.05) is 7.11 Å². The second kappa shape index (κ2) is 5.27. The summed E-state index contributed by atoms with van der Waals surface area (Å²) in [4.78, 5) is 27.0. The monoisotopic (exact) mass is 282 g/mol. The fourth-order valence-corrected chi connectivity index (χ4v) is 2.03. The van der Waals surface area contributed by atoms with Crippen LogP contribution in [0, 0.1) is 0 Å². The van der Waals surface area contributed by atoms with Gasteiger partial charge in [0.2, 0.25) is 5.28 Å². The van der Waals surface area contributed by atoms with E-state index in [0.29, 0.717) is 16.7 Å². The van der Waals surface area contributed by atoms with Crippen LogP contribution < -0.4 is 10.3 Å². The van der Waals surface area contributed by atoms with E-state index in [1.807, 2.05) is 0 Å². The van der Waals surface area contributed by atoms with Gasteiger partial charge in [-0.1, -0.05) is 6.07 Å². The fourth-order valence-electron chi connectivity index (χ4n) is 1.78. The molecule has 1 N–H and O–H groups in total. The molecule has 0 bridgehead atoms. The first kappa shape index (κ1) is 13.4. The molecule has 0 atom stereocenters. The van der Waals surface area contributed by atoms with Gasteiger partial charge in [-0.3, -0.25) is 14.2 Å². The first-order valence-electron chi connectivity index (χ1n) is 5.49. The second-order valence-corrected chi connectivity index (χ2v) is 4.17. The van der Waals surface area contributed by atoms with E-state index in [9.17, 15) is 9.59 Å². The van der Waals surface area contributed by atoms with Crippen LogP contribution in [0.15, 0.2) is 23.0 Å². The molecule has 1 heterocycles. The van der Waals surface area contributed by atoms with Gasteiger partial charge in [-0.05, 0) is 23.7 Å². The Kier molecular flexibility index (Phi) is 3.71. The number of ether oxygens (including phenoxy) is 1. The number of carbonyl (C=O) groups is 1. The molecule has 0 fully saturated rings. The van der Waals surface area contributed by atoms with E-state index in [2.05, 4.69) is 4.98 Å². The summed E-state index contributed by atoms with van der Waals surface area (Å²) in [5.74, 6) is -0.626. The van der Waals surface area contributed by atoms with E-state index < -0.39 is 11.5 Å². The number of fused-ring (bicyclic) bond motifs is 1. The number of aromatic nitrogens is 2. The van der Waals surface area contributed by atoms with Crippen molar-refractivity contribution in [2.24, 2.45) is 0 Å². The Morgan fingerprint density at radius 1 is 1.53 bits per heavy atom. The van der Waals surface area contributed by atoms with Gasteiger partial charge < -0.3 is 9.84 Å². The molecular weight excluding hydrogens is 272 g/mol. The number of nitrogens with zero attached hydrogens (tertiary/aromatic N) is 2. The number of halogens is 1. The number of hydrogen-bond acceptors (Lipinski definition) is 4. The topological polar surface area (TPSA) is 81.4 Å². The van der Waals surface area contributed by atoms with Crippen molar-refractivity contribution in [1.29, 1.82) is 0 Å². The van der Waals surface area contributed by atoms with Gasteiger partial charge in [-0.2, -0.15) is 0 Å². The average molecular weight is 283 g/mol. The number of aliphatic carboxylic acids is 1. The highest BCUT2D eigenvalue weighted by atomic mass is 35.5. The maximum Gasteiger partial charge on any atom is 0.305 e. The number of methoxy groups -OCH3 is 1. The highest BCUT2D eigenvalue weighted by Crippen LogP contribution is 2.21. The molecule has 0 unspecified atom stereocenters. The van der Waals surface area contributed by atoms with Crippen LogP contribution >= 0.6 is 11.6 Å². The molecule has 0 saturated carbocycles. The van der Waals surface area contributed by atoms with E-state index in [1.165, 1.54) is 7.11 Å². The Labute approximate surface area is 113 Å². The van der Waals surface area contributed by atoms with Gasteiger partial charge in [0.25, 0.3) is 5.56 Å². The predicted octanol–water partition coefficient (Wildman–Crippen LogP) is 1.53. The molecule has 1 aromatic carbocycles. The van der Waals surface area contributed by atoms with Crippen LogP contribution in [-0.2, 0) is 11.3 Å². The molecule has 100 valence electrons. The Balaban J connectivity index is 2.65. The Morgan fingerprint density at radius 2 is 2.26 bits per heavy atom. The third-order valence-electron chi connectivity index (χ3n) is 2.67. The summed E-state index contributed by atoms with van der Waals surface area (Å²) in [5, 5.41) is 8.92. The van der Waals surface area contributed by atoms with Crippen LogP contribution in [0.1, 0.15) is 6.42 Å². The minimum atomic E-state index is -1.01. The van der Waals surface area contributed by atoms with Gasteiger partial charge in [0, 0.05) is 6.54 Å². The normalized spacial score (nSPS) is 10.6. The highest BCUT2D eigenvalue weighted by molar-refractivity contribution is 6.28. The summed E-state index contributed by atoms with van der Waals surface area (Å²) in [6.45, 7) is -0.0337. The molecule has 7 heteroatoms. The lowest BCUT2D eigenvalue weighted by molar-refractivity contribution is -0.137. The lowest BCUT2D eigenvalue weighted by Gasteiger charge is -2.10. The summed E-state index contributed by atoms with van der Waals surface area (Å²) in [6, 6.07) is 4.99. The Hall–Kier alpha value is -2.08. The third kappa shape index (κ3) is 2.53. The second-order valence-electron chi connectivity index (χ2n) is 3.84. The molecule has 0 aliphatic rings. The van der Waals surface area contributed by atoms with Crippen molar-refractivity contribution in [3.05, 3.63) is 33.8 Å². The number of rotatable bonds is 4. The lowest BCUT2D eigenvalue weighted by atomic mass is 10.2. The molecule has 0 spiro atoms. The van der Waals surface area contributed by atoms with Crippen molar-refractivity contribution in [1.82, 2.24) is 9.55 Å². The van der Waals surface area contributed by atoms with Gasteiger partial charge in [0.05, 0.1) is 19.0 Å².